The largest absolute Gasteiger partial charge is 0.493 e. The molecule has 0 bridgehead atoms. The molecule has 92 valence electrons. The van der Waals surface area contributed by atoms with Gasteiger partial charge in [0.25, 0.3) is 0 Å². The second-order valence-electron chi connectivity index (χ2n) is 4.83. The number of hydrogen-bond acceptors (Lipinski definition) is 3. The van der Waals surface area contributed by atoms with Crippen LogP contribution < -0.4 is 14.8 Å². The Bertz CT molecular complexity index is 399. The van der Waals surface area contributed by atoms with Crippen LogP contribution in [0.3, 0.4) is 0 Å². The Hall–Kier alpha value is -1.22. The molecule has 0 aliphatic carbocycles. The maximum atomic E-state index is 5.78. The average molecular weight is 233 g/mol. The van der Waals surface area contributed by atoms with Crippen molar-refractivity contribution in [2.45, 2.75) is 31.2 Å². The summed E-state index contributed by atoms with van der Waals surface area (Å²) >= 11 is 0. The molecule has 2 heterocycles. The van der Waals surface area contributed by atoms with Crippen molar-refractivity contribution in [3.05, 3.63) is 23.8 Å². The van der Waals surface area contributed by atoms with E-state index in [4.69, 9.17) is 9.47 Å². The standard InChI is InChI=1S/C14H19NO2/c1-16-13-6-2-4-11-10(7-9-17-14(11)13)12-5-3-8-15-12/h2,4,6,10,12,15H,3,5,7-9H2,1H3. The van der Waals surface area contributed by atoms with Crippen LogP contribution in [0.25, 0.3) is 0 Å². The number of fused-ring (bicyclic) bond motifs is 1. The second-order valence-corrected chi connectivity index (χ2v) is 4.83. The maximum absolute atomic E-state index is 5.78. The third kappa shape index (κ3) is 1.89. The summed E-state index contributed by atoms with van der Waals surface area (Å²) in [6.07, 6.45) is 3.68. The lowest BCUT2D eigenvalue weighted by Gasteiger charge is -2.31. The van der Waals surface area contributed by atoms with E-state index in [1.807, 2.05) is 6.07 Å². The van der Waals surface area contributed by atoms with E-state index < -0.39 is 0 Å². The molecule has 3 heteroatoms. The van der Waals surface area contributed by atoms with Crippen molar-refractivity contribution >= 4 is 0 Å². The molecule has 3 nitrogen and oxygen atoms in total. The zero-order valence-corrected chi connectivity index (χ0v) is 10.2. The summed E-state index contributed by atoms with van der Waals surface area (Å²) < 4.78 is 11.2. The Balaban J connectivity index is 1.95. The predicted molar refractivity (Wildman–Crippen MR) is 66.9 cm³/mol. The molecule has 1 aromatic carbocycles. The molecule has 2 aliphatic heterocycles. The molecule has 2 unspecified atom stereocenters. The van der Waals surface area contributed by atoms with E-state index in [1.165, 1.54) is 18.4 Å². The predicted octanol–water partition coefficient (Wildman–Crippen LogP) is 2.31. The van der Waals surface area contributed by atoms with Crippen molar-refractivity contribution in [1.82, 2.24) is 5.32 Å². The highest BCUT2D eigenvalue weighted by Crippen LogP contribution is 2.42. The normalized spacial score (nSPS) is 27.4. The Morgan fingerprint density at radius 1 is 1.35 bits per heavy atom. The number of ether oxygens (including phenoxy) is 2. The Labute approximate surface area is 102 Å². The molecule has 0 radical (unpaired) electrons. The Kier molecular flexibility index (Phi) is 2.93. The van der Waals surface area contributed by atoms with Crippen LogP contribution in [0.4, 0.5) is 0 Å². The molecule has 0 spiro atoms. The lowest BCUT2D eigenvalue weighted by atomic mass is 9.86. The molecule has 17 heavy (non-hydrogen) atoms. The average Bonchev–Trinajstić information content (AvgIpc) is 2.91. The van der Waals surface area contributed by atoms with Crippen LogP contribution >= 0.6 is 0 Å². The lowest BCUT2D eigenvalue weighted by molar-refractivity contribution is 0.237. The van der Waals surface area contributed by atoms with Gasteiger partial charge in [-0.3, -0.25) is 0 Å². The smallest absolute Gasteiger partial charge is 0.164 e. The summed E-state index contributed by atoms with van der Waals surface area (Å²) in [4.78, 5) is 0. The van der Waals surface area contributed by atoms with Gasteiger partial charge >= 0.3 is 0 Å². The first-order chi connectivity index (χ1) is 8.40. The van der Waals surface area contributed by atoms with Gasteiger partial charge in [0.15, 0.2) is 11.5 Å². The van der Waals surface area contributed by atoms with Crippen molar-refractivity contribution in [3.63, 3.8) is 0 Å². The van der Waals surface area contributed by atoms with Gasteiger partial charge in [0.1, 0.15) is 0 Å². The summed E-state index contributed by atoms with van der Waals surface area (Å²) in [5.41, 5.74) is 1.31. The zero-order chi connectivity index (χ0) is 11.7. The Morgan fingerprint density at radius 3 is 3.06 bits per heavy atom. The molecular formula is C14H19NO2. The van der Waals surface area contributed by atoms with Gasteiger partial charge in [-0.1, -0.05) is 12.1 Å². The highest BCUT2D eigenvalue weighted by molar-refractivity contribution is 5.49. The summed E-state index contributed by atoms with van der Waals surface area (Å²) in [5, 5.41) is 3.61. The molecule has 3 rings (SSSR count). The van der Waals surface area contributed by atoms with Crippen LogP contribution in [0.1, 0.15) is 30.7 Å². The number of benzene rings is 1. The van der Waals surface area contributed by atoms with E-state index in [0.29, 0.717) is 12.0 Å². The summed E-state index contributed by atoms with van der Waals surface area (Å²) in [5.74, 6) is 2.40. The number of para-hydroxylation sites is 1. The summed E-state index contributed by atoms with van der Waals surface area (Å²) in [6.45, 7) is 1.96. The van der Waals surface area contributed by atoms with E-state index >= 15 is 0 Å². The van der Waals surface area contributed by atoms with Gasteiger partial charge < -0.3 is 14.8 Å². The van der Waals surface area contributed by atoms with Gasteiger partial charge in [-0.2, -0.15) is 0 Å². The van der Waals surface area contributed by atoms with E-state index in [9.17, 15) is 0 Å². The van der Waals surface area contributed by atoms with Gasteiger partial charge in [0.05, 0.1) is 13.7 Å². The van der Waals surface area contributed by atoms with Crippen molar-refractivity contribution < 1.29 is 9.47 Å². The second kappa shape index (κ2) is 4.57. The topological polar surface area (TPSA) is 30.5 Å². The summed E-state index contributed by atoms with van der Waals surface area (Å²) in [6, 6.07) is 6.84. The molecule has 1 N–H and O–H groups in total. The van der Waals surface area contributed by atoms with Crippen LogP contribution in [-0.2, 0) is 0 Å². The van der Waals surface area contributed by atoms with Gasteiger partial charge in [-0.15, -0.1) is 0 Å². The lowest BCUT2D eigenvalue weighted by Crippen LogP contribution is -2.32. The zero-order valence-electron chi connectivity index (χ0n) is 10.2. The van der Waals surface area contributed by atoms with Crippen molar-refractivity contribution in [3.8, 4) is 11.5 Å². The van der Waals surface area contributed by atoms with Gasteiger partial charge in [-0.05, 0) is 31.9 Å². The first-order valence-electron chi connectivity index (χ1n) is 6.43. The molecule has 0 amide bonds. The molecular weight excluding hydrogens is 214 g/mol. The quantitative estimate of drug-likeness (QED) is 0.850. The molecule has 1 aromatic rings. The molecule has 2 aliphatic rings. The fourth-order valence-electron chi connectivity index (χ4n) is 3.06. The van der Waals surface area contributed by atoms with Crippen LogP contribution in [0.2, 0.25) is 0 Å². The monoisotopic (exact) mass is 233 g/mol. The minimum Gasteiger partial charge on any atom is -0.493 e. The minimum absolute atomic E-state index is 0.580. The molecule has 1 saturated heterocycles. The Morgan fingerprint density at radius 2 is 2.29 bits per heavy atom. The number of methoxy groups -OCH3 is 1. The van der Waals surface area contributed by atoms with E-state index in [0.717, 1.165) is 31.1 Å². The van der Waals surface area contributed by atoms with E-state index in [1.54, 1.807) is 7.11 Å². The SMILES string of the molecule is COc1cccc2c1OCCC2C1CCCN1. The first-order valence-corrected chi connectivity index (χ1v) is 6.43. The third-order valence-corrected chi connectivity index (χ3v) is 3.89. The third-order valence-electron chi connectivity index (χ3n) is 3.89. The number of rotatable bonds is 2. The van der Waals surface area contributed by atoms with Crippen molar-refractivity contribution in [2.24, 2.45) is 0 Å². The molecule has 0 aromatic heterocycles. The molecule has 1 fully saturated rings. The minimum atomic E-state index is 0.580. The van der Waals surface area contributed by atoms with E-state index in [-0.39, 0.29) is 0 Å². The highest BCUT2D eigenvalue weighted by Gasteiger charge is 2.31. The number of hydrogen-bond donors (Lipinski definition) is 1. The van der Waals surface area contributed by atoms with Crippen LogP contribution in [0.5, 0.6) is 11.5 Å². The highest BCUT2D eigenvalue weighted by atomic mass is 16.5. The van der Waals surface area contributed by atoms with E-state index in [2.05, 4.69) is 17.4 Å². The maximum Gasteiger partial charge on any atom is 0.164 e. The van der Waals surface area contributed by atoms with Crippen LogP contribution in [0.15, 0.2) is 18.2 Å². The van der Waals surface area contributed by atoms with Gasteiger partial charge in [0.2, 0.25) is 0 Å². The van der Waals surface area contributed by atoms with Gasteiger partial charge in [-0.25, -0.2) is 0 Å². The fourth-order valence-corrected chi connectivity index (χ4v) is 3.06. The molecule has 0 saturated carbocycles. The van der Waals surface area contributed by atoms with Crippen LogP contribution in [-0.4, -0.2) is 26.3 Å². The van der Waals surface area contributed by atoms with Gasteiger partial charge in [0, 0.05) is 17.5 Å². The first kappa shape index (κ1) is 10.9. The number of nitrogens with one attached hydrogen (secondary N) is 1. The van der Waals surface area contributed by atoms with Crippen molar-refractivity contribution in [1.29, 1.82) is 0 Å². The van der Waals surface area contributed by atoms with Crippen molar-refractivity contribution in [2.75, 3.05) is 20.3 Å². The summed E-state index contributed by atoms with van der Waals surface area (Å²) in [7, 11) is 1.70. The molecule has 2 atom stereocenters. The van der Waals surface area contributed by atoms with Crippen LogP contribution in [0, 0.1) is 0 Å². The fraction of sp³-hybridized carbons (Fsp3) is 0.571.